The highest BCUT2D eigenvalue weighted by molar-refractivity contribution is 5.91. The van der Waals surface area contributed by atoms with Gasteiger partial charge in [-0.2, -0.15) is 0 Å². The van der Waals surface area contributed by atoms with Gasteiger partial charge in [-0.1, -0.05) is 48.5 Å². The van der Waals surface area contributed by atoms with Gasteiger partial charge < -0.3 is 15.4 Å². The van der Waals surface area contributed by atoms with Crippen LogP contribution in [-0.4, -0.2) is 11.8 Å². The van der Waals surface area contributed by atoms with Crippen LogP contribution in [0.15, 0.2) is 78.9 Å². The van der Waals surface area contributed by atoms with Crippen molar-refractivity contribution in [1.29, 1.82) is 0 Å². The molecule has 2 N–H and O–H groups in total. The van der Waals surface area contributed by atoms with Crippen molar-refractivity contribution < 1.29 is 18.7 Å². The van der Waals surface area contributed by atoms with E-state index in [-0.39, 0.29) is 30.7 Å². The van der Waals surface area contributed by atoms with Crippen molar-refractivity contribution in [2.24, 2.45) is 0 Å². The van der Waals surface area contributed by atoms with Gasteiger partial charge in [-0.3, -0.25) is 9.59 Å². The molecular formula is C24H23FN2O3. The number of halogens is 1. The number of carbonyl (C=O) groups is 2. The molecule has 0 aromatic heterocycles. The Balaban J connectivity index is 1.61. The second-order valence-electron chi connectivity index (χ2n) is 6.86. The molecule has 0 aliphatic heterocycles. The van der Waals surface area contributed by atoms with Gasteiger partial charge in [0.25, 0.3) is 0 Å². The van der Waals surface area contributed by atoms with Crippen LogP contribution in [0, 0.1) is 5.82 Å². The van der Waals surface area contributed by atoms with Crippen molar-refractivity contribution in [1.82, 2.24) is 5.32 Å². The number of anilines is 1. The first-order valence-corrected chi connectivity index (χ1v) is 9.59. The quantitative estimate of drug-likeness (QED) is 0.574. The molecule has 1 atom stereocenters. The summed E-state index contributed by atoms with van der Waals surface area (Å²) in [6.07, 6.45) is 0.105. The van der Waals surface area contributed by atoms with Crippen LogP contribution in [0.3, 0.4) is 0 Å². The highest BCUT2D eigenvalue weighted by atomic mass is 19.1. The van der Waals surface area contributed by atoms with Crippen molar-refractivity contribution in [2.75, 3.05) is 5.32 Å². The molecule has 0 aliphatic rings. The Bertz CT molecular complexity index is 1010. The zero-order valence-electron chi connectivity index (χ0n) is 16.6. The number of rotatable bonds is 8. The van der Waals surface area contributed by atoms with E-state index in [4.69, 9.17) is 4.74 Å². The minimum Gasteiger partial charge on any atom is -0.489 e. The first kappa shape index (κ1) is 21.0. The SMILES string of the molecule is CC(=O)N[C@@H](CC(=O)Nc1cccc(COc2cccc(F)c2)c1)c1ccccc1. The molecule has 0 spiro atoms. The third kappa shape index (κ3) is 6.44. The molecule has 0 saturated carbocycles. The van der Waals surface area contributed by atoms with Crippen LogP contribution in [0.25, 0.3) is 0 Å². The Morgan fingerprint density at radius 3 is 2.47 bits per heavy atom. The Kier molecular flexibility index (Phi) is 7.16. The molecule has 0 bridgehead atoms. The summed E-state index contributed by atoms with van der Waals surface area (Å²) in [6.45, 7) is 1.67. The van der Waals surface area contributed by atoms with E-state index in [0.29, 0.717) is 11.4 Å². The number of ether oxygens (including phenoxy) is 1. The van der Waals surface area contributed by atoms with Crippen LogP contribution in [-0.2, 0) is 16.2 Å². The maximum Gasteiger partial charge on any atom is 0.226 e. The van der Waals surface area contributed by atoms with E-state index in [9.17, 15) is 14.0 Å². The first-order chi connectivity index (χ1) is 14.5. The van der Waals surface area contributed by atoms with Gasteiger partial charge >= 0.3 is 0 Å². The molecule has 0 aliphatic carbocycles. The van der Waals surface area contributed by atoms with Crippen LogP contribution in [0.5, 0.6) is 5.75 Å². The van der Waals surface area contributed by atoms with Gasteiger partial charge in [0.05, 0.1) is 12.5 Å². The number of amides is 2. The van der Waals surface area contributed by atoms with Crippen molar-refractivity contribution in [3.8, 4) is 5.75 Å². The van der Waals surface area contributed by atoms with E-state index in [1.54, 1.807) is 24.3 Å². The molecule has 3 aromatic carbocycles. The van der Waals surface area contributed by atoms with Gasteiger partial charge in [0, 0.05) is 18.7 Å². The predicted molar refractivity (Wildman–Crippen MR) is 113 cm³/mol. The lowest BCUT2D eigenvalue weighted by molar-refractivity contribution is -0.120. The molecule has 0 fully saturated rings. The number of hydrogen-bond donors (Lipinski definition) is 2. The van der Waals surface area contributed by atoms with Crippen LogP contribution in [0.2, 0.25) is 0 Å². The van der Waals surface area contributed by atoms with Crippen molar-refractivity contribution in [3.05, 3.63) is 95.8 Å². The lowest BCUT2D eigenvalue weighted by atomic mass is 10.0. The Labute approximate surface area is 174 Å². The average Bonchev–Trinajstić information content (AvgIpc) is 2.72. The Morgan fingerprint density at radius 2 is 1.73 bits per heavy atom. The van der Waals surface area contributed by atoms with Crippen molar-refractivity contribution in [3.63, 3.8) is 0 Å². The minimum atomic E-state index is -0.414. The fraction of sp³-hybridized carbons (Fsp3) is 0.167. The van der Waals surface area contributed by atoms with Gasteiger partial charge in [0.1, 0.15) is 18.2 Å². The average molecular weight is 406 g/mol. The minimum absolute atomic E-state index is 0.105. The molecule has 0 unspecified atom stereocenters. The Hall–Kier alpha value is -3.67. The lowest BCUT2D eigenvalue weighted by Gasteiger charge is -2.18. The molecular weight excluding hydrogens is 383 g/mol. The third-order valence-electron chi connectivity index (χ3n) is 4.38. The van der Waals surface area contributed by atoms with E-state index >= 15 is 0 Å². The highest BCUT2D eigenvalue weighted by Crippen LogP contribution is 2.19. The normalized spacial score (nSPS) is 11.4. The standard InChI is InChI=1S/C24H23FN2O3/c1-17(28)26-23(19-8-3-2-4-9-19)15-24(29)27-21-11-5-7-18(13-21)16-30-22-12-6-10-20(25)14-22/h2-14,23H,15-16H2,1H3,(H,26,28)(H,27,29)/t23-/m0/s1. The molecule has 30 heavy (non-hydrogen) atoms. The summed E-state index contributed by atoms with van der Waals surface area (Å²) < 4.78 is 18.9. The smallest absolute Gasteiger partial charge is 0.226 e. The molecule has 6 heteroatoms. The van der Waals surface area contributed by atoms with Gasteiger partial charge in [-0.05, 0) is 35.4 Å². The molecule has 2 amide bonds. The highest BCUT2D eigenvalue weighted by Gasteiger charge is 2.17. The Morgan fingerprint density at radius 1 is 0.967 bits per heavy atom. The summed E-state index contributed by atoms with van der Waals surface area (Å²) in [5.41, 5.74) is 2.31. The summed E-state index contributed by atoms with van der Waals surface area (Å²) in [5.74, 6) is -0.347. The van der Waals surface area contributed by atoms with E-state index < -0.39 is 6.04 Å². The molecule has 3 rings (SSSR count). The molecule has 0 saturated heterocycles. The second-order valence-corrected chi connectivity index (χ2v) is 6.86. The zero-order valence-corrected chi connectivity index (χ0v) is 16.6. The second kappa shape index (κ2) is 10.2. The maximum absolute atomic E-state index is 13.3. The first-order valence-electron chi connectivity index (χ1n) is 9.59. The molecule has 5 nitrogen and oxygen atoms in total. The number of nitrogens with one attached hydrogen (secondary N) is 2. The fourth-order valence-electron chi connectivity index (χ4n) is 3.04. The van der Waals surface area contributed by atoms with Crippen LogP contribution in [0.4, 0.5) is 10.1 Å². The largest absolute Gasteiger partial charge is 0.489 e. The van der Waals surface area contributed by atoms with Crippen LogP contribution < -0.4 is 15.4 Å². The summed E-state index contributed by atoms with van der Waals surface area (Å²) in [4.78, 5) is 24.1. The molecule has 0 radical (unpaired) electrons. The molecule has 154 valence electrons. The van der Waals surface area contributed by atoms with Gasteiger partial charge in [-0.15, -0.1) is 0 Å². The van der Waals surface area contributed by atoms with E-state index in [2.05, 4.69) is 10.6 Å². The zero-order chi connectivity index (χ0) is 21.3. The van der Waals surface area contributed by atoms with Gasteiger partial charge in [0.2, 0.25) is 11.8 Å². The van der Waals surface area contributed by atoms with Crippen molar-refractivity contribution >= 4 is 17.5 Å². The fourth-order valence-corrected chi connectivity index (χ4v) is 3.04. The van der Waals surface area contributed by atoms with E-state index in [1.807, 2.05) is 42.5 Å². The maximum atomic E-state index is 13.3. The third-order valence-corrected chi connectivity index (χ3v) is 4.38. The summed E-state index contributed by atoms with van der Waals surface area (Å²) in [7, 11) is 0. The number of benzene rings is 3. The topological polar surface area (TPSA) is 67.4 Å². The van der Waals surface area contributed by atoms with E-state index in [0.717, 1.165) is 11.1 Å². The number of carbonyl (C=O) groups excluding carboxylic acids is 2. The van der Waals surface area contributed by atoms with Crippen LogP contribution >= 0.6 is 0 Å². The predicted octanol–water partition coefficient (Wildman–Crippen LogP) is 4.61. The molecule has 3 aromatic rings. The summed E-state index contributed by atoms with van der Waals surface area (Å²) in [5, 5.41) is 5.67. The monoisotopic (exact) mass is 406 g/mol. The summed E-state index contributed by atoms with van der Waals surface area (Å²) in [6, 6.07) is 22.1. The van der Waals surface area contributed by atoms with Crippen molar-refractivity contribution in [2.45, 2.75) is 26.0 Å². The van der Waals surface area contributed by atoms with Crippen LogP contribution in [0.1, 0.15) is 30.5 Å². The van der Waals surface area contributed by atoms with E-state index in [1.165, 1.54) is 19.1 Å². The lowest BCUT2D eigenvalue weighted by Crippen LogP contribution is -2.29. The molecule has 0 heterocycles. The number of hydrogen-bond acceptors (Lipinski definition) is 3. The summed E-state index contributed by atoms with van der Waals surface area (Å²) >= 11 is 0. The van der Waals surface area contributed by atoms with Gasteiger partial charge in [0.15, 0.2) is 0 Å². The van der Waals surface area contributed by atoms with Gasteiger partial charge in [-0.25, -0.2) is 4.39 Å².